The Kier molecular flexibility index (Phi) is 3.42. The average molecular weight is 304 g/mol. The van der Waals surface area contributed by atoms with Crippen molar-refractivity contribution < 1.29 is 14.6 Å². The lowest BCUT2D eigenvalue weighted by Gasteiger charge is -2.24. The number of aromatic nitrogens is 3. The molecule has 0 spiro atoms. The molecule has 0 aliphatic carbocycles. The van der Waals surface area contributed by atoms with Crippen LogP contribution in [0.5, 0.6) is 5.75 Å². The van der Waals surface area contributed by atoms with Gasteiger partial charge in [0.25, 0.3) is 0 Å². The van der Waals surface area contributed by atoms with E-state index in [1.165, 1.54) is 0 Å². The maximum absolute atomic E-state index is 12.1. The molecule has 118 valence electrons. The number of aromatic hydroxyl groups is 1. The first-order valence-corrected chi connectivity index (χ1v) is 7.35. The molecule has 0 radical (unpaired) electrons. The van der Waals surface area contributed by atoms with Gasteiger partial charge in [-0.1, -0.05) is 5.21 Å². The molecule has 1 aromatic heterocycles. The number of nitrogens with zero attached hydrogens (tertiary/aromatic N) is 4. The lowest BCUT2D eigenvalue weighted by atomic mass is 10.2. The molecule has 22 heavy (non-hydrogen) atoms. The molecule has 2 aromatic rings. The maximum atomic E-state index is 12.1. The highest BCUT2D eigenvalue weighted by atomic mass is 16.6. The van der Waals surface area contributed by atoms with E-state index >= 15 is 0 Å². The Morgan fingerprint density at radius 3 is 2.91 bits per heavy atom. The van der Waals surface area contributed by atoms with E-state index in [1.54, 1.807) is 27.8 Å². The molecule has 1 amide bonds. The molecule has 7 nitrogen and oxygen atoms in total. The van der Waals surface area contributed by atoms with Crippen molar-refractivity contribution in [2.75, 3.05) is 13.1 Å². The van der Waals surface area contributed by atoms with Gasteiger partial charge in [-0.05, 0) is 39.3 Å². The van der Waals surface area contributed by atoms with Crippen molar-refractivity contribution in [2.24, 2.45) is 0 Å². The number of fused-ring (bicyclic) bond motifs is 1. The minimum Gasteiger partial charge on any atom is -0.508 e. The second-order valence-corrected chi connectivity index (χ2v) is 6.58. The molecule has 0 bridgehead atoms. The minimum absolute atomic E-state index is 0.0410. The molecule has 1 unspecified atom stereocenters. The van der Waals surface area contributed by atoms with Crippen LogP contribution in [0.15, 0.2) is 18.2 Å². The highest BCUT2D eigenvalue weighted by Crippen LogP contribution is 2.27. The largest absolute Gasteiger partial charge is 0.508 e. The number of carbonyl (C=O) groups excluding carboxylic acids is 1. The van der Waals surface area contributed by atoms with Crippen LogP contribution in [0, 0.1) is 0 Å². The summed E-state index contributed by atoms with van der Waals surface area (Å²) in [6.45, 7) is 6.72. The number of phenolic OH excluding ortho intramolecular Hbond substituents is 1. The van der Waals surface area contributed by atoms with Gasteiger partial charge in [-0.15, -0.1) is 5.10 Å². The van der Waals surface area contributed by atoms with Crippen LogP contribution in [0.3, 0.4) is 0 Å². The van der Waals surface area contributed by atoms with Crippen molar-refractivity contribution in [1.29, 1.82) is 0 Å². The first kappa shape index (κ1) is 14.6. The van der Waals surface area contributed by atoms with E-state index in [0.29, 0.717) is 13.1 Å². The highest BCUT2D eigenvalue weighted by Gasteiger charge is 2.31. The molecule has 0 saturated carbocycles. The topological polar surface area (TPSA) is 80.5 Å². The van der Waals surface area contributed by atoms with Crippen LogP contribution in [-0.2, 0) is 4.74 Å². The third kappa shape index (κ3) is 2.84. The first-order valence-electron chi connectivity index (χ1n) is 7.35. The van der Waals surface area contributed by atoms with E-state index in [9.17, 15) is 9.90 Å². The van der Waals surface area contributed by atoms with Crippen LogP contribution in [-0.4, -0.2) is 49.8 Å². The summed E-state index contributed by atoms with van der Waals surface area (Å²) in [4.78, 5) is 13.8. The second-order valence-electron chi connectivity index (χ2n) is 6.58. The maximum Gasteiger partial charge on any atom is 0.410 e. The van der Waals surface area contributed by atoms with Crippen LogP contribution < -0.4 is 0 Å². The van der Waals surface area contributed by atoms with Gasteiger partial charge in [-0.25, -0.2) is 9.48 Å². The SMILES string of the molecule is CC(C)(C)OC(=O)N1CCC(n2nnc3ccc(O)cc32)C1. The Morgan fingerprint density at radius 2 is 2.18 bits per heavy atom. The molecule has 1 fully saturated rings. The quantitative estimate of drug-likeness (QED) is 0.874. The van der Waals surface area contributed by atoms with E-state index in [-0.39, 0.29) is 17.9 Å². The Labute approximate surface area is 128 Å². The summed E-state index contributed by atoms with van der Waals surface area (Å²) in [5.74, 6) is 0.179. The number of benzene rings is 1. The van der Waals surface area contributed by atoms with Crippen molar-refractivity contribution >= 4 is 17.1 Å². The van der Waals surface area contributed by atoms with Crippen molar-refractivity contribution in [2.45, 2.75) is 38.8 Å². The summed E-state index contributed by atoms with van der Waals surface area (Å²) in [7, 11) is 0. The number of rotatable bonds is 1. The number of phenols is 1. The van der Waals surface area contributed by atoms with Crippen molar-refractivity contribution in [3.63, 3.8) is 0 Å². The zero-order valence-corrected chi connectivity index (χ0v) is 13.0. The fourth-order valence-electron chi connectivity index (χ4n) is 2.63. The van der Waals surface area contributed by atoms with E-state index in [4.69, 9.17) is 4.74 Å². The number of amides is 1. The molecule has 1 aromatic carbocycles. The summed E-state index contributed by atoms with van der Waals surface area (Å²) in [5.41, 5.74) is 1.01. The van der Waals surface area contributed by atoms with Gasteiger partial charge >= 0.3 is 6.09 Å². The number of likely N-dealkylation sites (tertiary alicyclic amines) is 1. The van der Waals surface area contributed by atoms with Crippen molar-refractivity contribution in [1.82, 2.24) is 19.9 Å². The predicted octanol–water partition coefficient (Wildman–Crippen LogP) is 2.32. The smallest absolute Gasteiger partial charge is 0.410 e. The Bertz CT molecular complexity index is 704. The third-order valence-corrected chi connectivity index (χ3v) is 3.62. The Balaban J connectivity index is 1.77. The van der Waals surface area contributed by atoms with Gasteiger partial charge in [-0.3, -0.25) is 0 Å². The molecule has 1 saturated heterocycles. The van der Waals surface area contributed by atoms with E-state index < -0.39 is 5.60 Å². The summed E-state index contributed by atoms with van der Waals surface area (Å²) < 4.78 is 7.17. The fraction of sp³-hybridized carbons (Fsp3) is 0.533. The van der Waals surface area contributed by atoms with Crippen LogP contribution in [0.2, 0.25) is 0 Å². The van der Waals surface area contributed by atoms with E-state index in [2.05, 4.69) is 10.3 Å². The second kappa shape index (κ2) is 5.15. The molecule has 2 heterocycles. The lowest BCUT2D eigenvalue weighted by molar-refractivity contribution is 0.0288. The number of ether oxygens (including phenoxy) is 1. The van der Waals surface area contributed by atoms with Gasteiger partial charge in [-0.2, -0.15) is 0 Å². The van der Waals surface area contributed by atoms with Crippen molar-refractivity contribution in [3.8, 4) is 5.75 Å². The molecular weight excluding hydrogens is 284 g/mol. The highest BCUT2D eigenvalue weighted by molar-refractivity contribution is 5.76. The summed E-state index contributed by atoms with van der Waals surface area (Å²) in [5, 5.41) is 17.9. The molecule has 7 heteroatoms. The summed E-state index contributed by atoms with van der Waals surface area (Å²) in [6, 6.07) is 5.00. The monoisotopic (exact) mass is 304 g/mol. The van der Waals surface area contributed by atoms with Gasteiger partial charge in [0, 0.05) is 19.2 Å². The molecular formula is C15H20N4O3. The van der Waals surface area contributed by atoms with Gasteiger partial charge in [0.05, 0.1) is 11.6 Å². The van der Waals surface area contributed by atoms with Gasteiger partial charge in [0.1, 0.15) is 16.9 Å². The zero-order chi connectivity index (χ0) is 15.9. The Morgan fingerprint density at radius 1 is 1.41 bits per heavy atom. The number of carbonyl (C=O) groups is 1. The van der Waals surface area contributed by atoms with Crippen LogP contribution >= 0.6 is 0 Å². The predicted molar refractivity (Wildman–Crippen MR) is 80.7 cm³/mol. The normalized spacial score (nSPS) is 18.9. The zero-order valence-electron chi connectivity index (χ0n) is 13.0. The Hall–Kier alpha value is -2.31. The number of hydrogen-bond donors (Lipinski definition) is 1. The lowest BCUT2D eigenvalue weighted by Crippen LogP contribution is -2.35. The van der Waals surface area contributed by atoms with Crippen LogP contribution in [0.4, 0.5) is 4.79 Å². The molecule has 3 rings (SSSR count). The molecule has 1 aliphatic heterocycles. The molecule has 1 aliphatic rings. The van der Waals surface area contributed by atoms with Gasteiger partial charge in [0.15, 0.2) is 0 Å². The molecule has 1 atom stereocenters. The van der Waals surface area contributed by atoms with Gasteiger partial charge < -0.3 is 14.7 Å². The first-order chi connectivity index (χ1) is 10.3. The van der Waals surface area contributed by atoms with E-state index in [1.807, 2.05) is 20.8 Å². The molecule has 1 N–H and O–H groups in total. The van der Waals surface area contributed by atoms with Crippen LogP contribution in [0.1, 0.15) is 33.2 Å². The minimum atomic E-state index is -0.499. The van der Waals surface area contributed by atoms with Crippen LogP contribution in [0.25, 0.3) is 11.0 Å². The summed E-state index contributed by atoms with van der Waals surface area (Å²) >= 11 is 0. The average Bonchev–Trinajstić information content (AvgIpc) is 3.01. The van der Waals surface area contributed by atoms with Gasteiger partial charge in [0.2, 0.25) is 0 Å². The third-order valence-electron chi connectivity index (χ3n) is 3.62. The van der Waals surface area contributed by atoms with E-state index in [0.717, 1.165) is 17.5 Å². The summed E-state index contributed by atoms with van der Waals surface area (Å²) in [6.07, 6.45) is 0.482. The fourth-order valence-corrected chi connectivity index (χ4v) is 2.63. The van der Waals surface area contributed by atoms with Crippen molar-refractivity contribution in [3.05, 3.63) is 18.2 Å². The standard InChI is InChI=1S/C15H20N4O3/c1-15(2,3)22-14(21)18-7-6-10(9-18)19-13-8-11(20)4-5-12(13)16-17-19/h4-5,8,10,20H,6-7,9H2,1-3H3. The number of hydrogen-bond acceptors (Lipinski definition) is 5.